The summed E-state index contributed by atoms with van der Waals surface area (Å²) >= 11 is 5.93. The number of non-ortho nitro benzene ring substituents is 1. The number of hydrogen-bond acceptors (Lipinski definition) is 6. The van der Waals surface area contributed by atoms with E-state index in [0.717, 1.165) is 6.07 Å². The molecule has 0 aliphatic carbocycles. The average molecular weight is 373 g/mol. The standard InChI is InChI=1S/C17H13ClN4O4/c1-26-14-5-2-12(3-6-14)20-10-11(9-19)17(23)21-16-8-13(22(24)25)4-7-15(16)18/h2-8,10,20H,1H3,(H,21,23)/b11-10-. The second-order valence-corrected chi connectivity index (χ2v) is 5.33. The zero-order valence-corrected chi connectivity index (χ0v) is 14.3. The van der Waals surface area contributed by atoms with Crippen LogP contribution in [-0.2, 0) is 4.79 Å². The Balaban J connectivity index is 2.14. The van der Waals surface area contributed by atoms with Gasteiger partial charge < -0.3 is 15.4 Å². The molecule has 0 bridgehead atoms. The molecule has 132 valence electrons. The highest BCUT2D eigenvalue weighted by atomic mass is 35.5. The highest BCUT2D eigenvalue weighted by Crippen LogP contribution is 2.27. The van der Waals surface area contributed by atoms with E-state index in [0.29, 0.717) is 11.4 Å². The van der Waals surface area contributed by atoms with Crippen molar-refractivity contribution < 1.29 is 14.5 Å². The number of nitrogens with zero attached hydrogens (tertiary/aromatic N) is 2. The first-order valence-electron chi connectivity index (χ1n) is 7.20. The number of nitro benzene ring substituents is 1. The summed E-state index contributed by atoms with van der Waals surface area (Å²) in [7, 11) is 1.54. The molecule has 0 aliphatic rings. The van der Waals surface area contributed by atoms with Gasteiger partial charge in [-0.1, -0.05) is 11.6 Å². The Hall–Kier alpha value is -3.57. The molecule has 0 fully saturated rings. The van der Waals surface area contributed by atoms with Gasteiger partial charge in [-0.05, 0) is 30.3 Å². The van der Waals surface area contributed by atoms with Crippen LogP contribution < -0.4 is 15.4 Å². The Morgan fingerprint density at radius 2 is 2.00 bits per heavy atom. The lowest BCUT2D eigenvalue weighted by Gasteiger charge is -2.07. The number of benzene rings is 2. The number of methoxy groups -OCH3 is 1. The SMILES string of the molecule is COc1ccc(N/C=C(/C#N)C(=O)Nc2cc([N+](=O)[O-])ccc2Cl)cc1. The third kappa shape index (κ3) is 4.72. The van der Waals surface area contributed by atoms with Crippen LogP contribution in [0, 0.1) is 21.4 Å². The second-order valence-electron chi connectivity index (χ2n) is 4.92. The summed E-state index contributed by atoms with van der Waals surface area (Å²) in [5.41, 5.74) is 0.211. The fourth-order valence-electron chi connectivity index (χ4n) is 1.90. The number of carbonyl (C=O) groups is 1. The molecule has 8 nitrogen and oxygen atoms in total. The molecule has 2 aromatic rings. The summed E-state index contributed by atoms with van der Waals surface area (Å²) in [5, 5.41) is 25.3. The summed E-state index contributed by atoms with van der Waals surface area (Å²) in [6, 6.07) is 12.2. The van der Waals surface area contributed by atoms with Gasteiger partial charge in [0, 0.05) is 24.0 Å². The number of halogens is 1. The predicted octanol–water partition coefficient (Wildman–Crippen LogP) is 3.71. The van der Waals surface area contributed by atoms with Gasteiger partial charge in [0.2, 0.25) is 0 Å². The Labute approximate surface area is 153 Å². The fraction of sp³-hybridized carbons (Fsp3) is 0.0588. The van der Waals surface area contributed by atoms with E-state index < -0.39 is 10.8 Å². The molecule has 9 heteroatoms. The van der Waals surface area contributed by atoms with Crippen LogP contribution >= 0.6 is 11.6 Å². The molecule has 0 saturated heterocycles. The van der Waals surface area contributed by atoms with Gasteiger partial charge in [0.15, 0.2) is 0 Å². The first-order valence-corrected chi connectivity index (χ1v) is 7.58. The molecule has 0 heterocycles. The molecule has 0 radical (unpaired) electrons. The van der Waals surface area contributed by atoms with Crippen molar-refractivity contribution in [1.82, 2.24) is 0 Å². The maximum Gasteiger partial charge on any atom is 0.271 e. The van der Waals surface area contributed by atoms with Crippen molar-refractivity contribution in [2.45, 2.75) is 0 Å². The molecule has 26 heavy (non-hydrogen) atoms. The number of nitriles is 1. The van der Waals surface area contributed by atoms with Gasteiger partial charge in [-0.25, -0.2) is 0 Å². The van der Waals surface area contributed by atoms with E-state index in [1.54, 1.807) is 37.4 Å². The Bertz CT molecular complexity index is 904. The van der Waals surface area contributed by atoms with Crippen LogP contribution in [0.4, 0.5) is 17.1 Å². The van der Waals surface area contributed by atoms with E-state index in [1.807, 2.05) is 0 Å². The van der Waals surface area contributed by atoms with E-state index >= 15 is 0 Å². The molecule has 2 aromatic carbocycles. The number of rotatable bonds is 6. The third-order valence-electron chi connectivity index (χ3n) is 3.25. The van der Waals surface area contributed by atoms with Gasteiger partial charge >= 0.3 is 0 Å². The zero-order chi connectivity index (χ0) is 19.1. The number of carbonyl (C=O) groups excluding carboxylic acids is 1. The van der Waals surface area contributed by atoms with Crippen molar-refractivity contribution >= 4 is 34.6 Å². The first kappa shape index (κ1) is 18.8. The second kappa shape index (κ2) is 8.50. The zero-order valence-electron chi connectivity index (χ0n) is 13.5. The van der Waals surface area contributed by atoms with Gasteiger partial charge in [0.05, 0.1) is 22.7 Å². The van der Waals surface area contributed by atoms with Gasteiger partial charge in [0.1, 0.15) is 17.4 Å². The van der Waals surface area contributed by atoms with E-state index in [1.165, 1.54) is 18.3 Å². The molecule has 0 aliphatic heterocycles. The quantitative estimate of drug-likeness (QED) is 0.345. The molecule has 0 spiro atoms. The minimum Gasteiger partial charge on any atom is -0.497 e. The average Bonchev–Trinajstić information content (AvgIpc) is 2.64. The molecule has 0 saturated carbocycles. The van der Waals surface area contributed by atoms with Gasteiger partial charge in [-0.15, -0.1) is 0 Å². The van der Waals surface area contributed by atoms with Crippen molar-refractivity contribution in [3.8, 4) is 11.8 Å². The molecule has 0 atom stereocenters. The Morgan fingerprint density at radius 3 is 2.58 bits per heavy atom. The van der Waals surface area contributed by atoms with E-state index in [2.05, 4.69) is 10.6 Å². The number of anilines is 2. The first-order chi connectivity index (χ1) is 12.4. The molecular weight excluding hydrogens is 360 g/mol. The van der Waals surface area contributed by atoms with E-state index in [-0.39, 0.29) is 22.0 Å². The minimum absolute atomic E-state index is 0.0384. The van der Waals surface area contributed by atoms with Crippen molar-refractivity contribution in [2.24, 2.45) is 0 Å². The van der Waals surface area contributed by atoms with Gasteiger partial charge in [-0.2, -0.15) is 5.26 Å². The van der Waals surface area contributed by atoms with Crippen LogP contribution in [0.3, 0.4) is 0 Å². The Kier molecular flexibility index (Phi) is 6.14. The lowest BCUT2D eigenvalue weighted by molar-refractivity contribution is -0.384. The highest BCUT2D eigenvalue weighted by molar-refractivity contribution is 6.34. The normalized spacial score (nSPS) is 10.6. The van der Waals surface area contributed by atoms with Gasteiger partial charge in [-0.3, -0.25) is 14.9 Å². The third-order valence-corrected chi connectivity index (χ3v) is 3.58. The fourth-order valence-corrected chi connectivity index (χ4v) is 2.07. The molecule has 2 N–H and O–H groups in total. The van der Waals surface area contributed by atoms with Crippen molar-refractivity contribution in [3.05, 3.63) is 69.4 Å². The lowest BCUT2D eigenvalue weighted by atomic mass is 10.2. The summed E-state index contributed by atoms with van der Waals surface area (Å²) in [6.45, 7) is 0. The van der Waals surface area contributed by atoms with E-state index in [9.17, 15) is 14.9 Å². The molecule has 0 unspecified atom stereocenters. The van der Waals surface area contributed by atoms with Crippen molar-refractivity contribution in [1.29, 1.82) is 5.26 Å². The van der Waals surface area contributed by atoms with Crippen LogP contribution in [0.1, 0.15) is 0 Å². The smallest absolute Gasteiger partial charge is 0.271 e. The largest absolute Gasteiger partial charge is 0.497 e. The summed E-state index contributed by atoms with van der Waals surface area (Å²) in [4.78, 5) is 22.4. The van der Waals surface area contributed by atoms with E-state index in [4.69, 9.17) is 21.6 Å². The highest BCUT2D eigenvalue weighted by Gasteiger charge is 2.15. The summed E-state index contributed by atoms with van der Waals surface area (Å²) in [6.07, 6.45) is 1.22. The van der Waals surface area contributed by atoms with Crippen LogP contribution in [0.25, 0.3) is 0 Å². The number of hydrogen-bond donors (Lipinski definition) is 2. The van der Waals surface area contributed by atoms with Gasteiger partial charge in [0.25, 0.3) is 11.6 Å². The number of nitro groups is 1. The number of amides is 1. The predicted molar refractivity (Wildman–Crippen MR) is 97.0 cm³/mol. The summed E-state index contributed by atoms with van der Waals surface area (Å²) < 4.78 is 5.04. The number of nitrogens with one attached hydrogen (secondary N) is 2. The summed E-state index contributed by atoms with van der Waals surface area (Å²) in [5.74, 6) is -0.0889. The maximum atomic E-state index is 12.2. The lowest BCUT2D eigenvalue weighted by Crippen LogP contribution is -2.15. The maximum absolute atomic E-state index is 12.2. The van der Waals surface area contributed by atoms with Crippen molar-refractivity contribution in [3.63, 3.8) is 0 Å². The van der Waals surface area contributed by atoms with Crippen LogP contribution in [-0.4, -0.2) is 17.9 Å². The number of ether oxygens (including phenoxy) is 1. The molecule has 2 rings (SSSR count). The van der Waals surface area contributed by atoms with Crippen LogP contribution in [0.15, 0.2) is 54.2 Å². The minimum atomic E-state index is -0.754. The molecule has 1 amide bonds. The van der Waals surface area contributed by atoms with Crippen LogP contribution in [0.2, 0.25) is 5.02 Å². The molecule has 0 aromatic heterocycles. The topological polar surface area (TPSA) is 117 Å². The van der Waals surface area contributed by atoms with Crippen molar-refractivity contribution in [2.75, 3.05) is 17.7 Å². The monoisotopic (exact) mass is 372 g/mol. The Morgan fingerprint density at radius 1 is 1.31 bits per heavy atom. The molecular formula is C17H13ClN4O4. The van der Waals surface area contributed by atoms with Crippen LogP contribution in [0.5, 0.6) is 5.75 Å².